The van der Waals surface area contributed by atoms with Crippen LogP contribution in [0.3, 0.4) is 0 Å². The van der Waals surface area contributed by atoms with E-state index in [1.165, 1.54) is 22.5 Å². The molecule has 23 heavy (non-hydrogen) atoms. The van der Waals surface area contributed by atoms with Crippen molar-refractivity contribution in [3.8, 4) is 11.1 Å². The number of rotatable bonds is 4. The Bertz CT molecular complexity index is 820. The van der Waals surface area contributed by atoms with Gasteiger partial charge in [-0.3, -0.25) is 4.79 Å². The molecule has 0 unspecified atom stereocenters. The summed E-state index contributed by atoms with van der Waals surface area (Å²) in [5, 5.41) is 3.41. The van der Waals surface area contributed by atoms with Gasteiger partial charge in [0.25, 0.3) is 5.91 Å². The molecule has 1 amide bonds. The Morgan fingerprint density at radius 2 is 1.70 bits per heavy atom. The van der Waals surface area contributed by atoms with E-state index in [2.05, 4.69) is 46.7 Å². The zero-order valence-corrected chi connectivity index (χ0v) is 13.5. The van der Waals surface area contributed by atoms with Gasteiger partial charge in [-0.05, 0) is 22.8 Å². The van der Waals surface area contributed by atoms with Crippen molar-refractivity contribution >= 4 is 29.4 Å². The maximum Gasteiger partial charge on any atom is 0.262 e. The van der Waals surface area contributed by atoms with Crippen LogP contribution in [0, 0.1) is 0 Å². The second kappa shape index (κ2) is 7.03. The molecule has 0 atom stereocenters. The van der Waals surface area contributed by atoms with Crippen LogP contribution in [0.1, 0.15) is 20.2 Å². The largest absolute Gasteiger partial charge is 0.354 e. The van der Waals surface area contributed by atoms with Gasteiger partial charge in [-0.1, -0.05) is 60.7 Å². The van der Waals surface area contributed by atoms with Gasteiger partial charge >= 0.3 is 0 Å². The zero-order chi connectivity index (χ0) is 16.1. The molecular formula is C19H16N2OS. The molecule has 0 spiro atoms. The normalized spacial score (nSPS) is 10.8. The van der Waals surface area contributed by atoms with Crippen molar-refractivity contribution in [1.29, 1.82) is 0 Å². The van der Waals surface area contributed by atoms with Crippen LogP contribution in [0.4, 0.5) is 0 Å². The fourth-order valence-corrected chi connectivity index (χ4v) is 2.94. The van der Waals surface area contributed by atoms with Crippen LogP contribution < -0.4 is 5.32 Å². The van der Waals surface area contributed by atoms with Crippen LogP contribution in [0.15, 0.2) is 60.8 Å². The third-order valence-corrected chi connectivity index (χ3v) is 4.37. The number of aromatic nitrogens is 1. The summed E-state index contributed by atoms with van der Waals surface area (Å²) in [4.78, 5) is 16.4. The molecule has 0 radical (unpaired) electrons. The van der Waals surface area contributed by atoms with Gasteiger partial charge in [-0.2, -0.15) is 0 Å². The van der Waals surface area contributed by atoms with Crippen molar-refractivity contribution in [1.82, 2.24) is 10.3 Å². The maximum absolute atomic E-state index is 11.5. The van der Waals surface area contributed by atoms with E-state index >= 15 is 0 Å². The Kier molecular flexibility index (Phi) is 4.64. The van der Waals surface area contributed by atoms with Gasteiger partial charge in [0.2, 0.25) is 0 Å². The zero-order valence-electron chi connectivity index (χ0n) is 12.7. The summed E-state index contributed by atoms with van der Waals surface area (Å²) >= 11 is 1.37. The Morgan fingerprint density at radius 3 is 2.39 bits per heavy atom. The number of nitrogens with zero attached hydrogens (tertiary/aromatic N) is 1. The molecule has 3 nitrogen and oxygen atoms in total. The molecule has 114 valence electrons. The van der Waals surface area contributed by atoms with E-state index in [1.54, 1.807) is 13.2 Å². The van der Waals surface area contributed by atoms with E-state index in [0.29, 0.717) is 4.88 Å². The molecule has 2 aromatic carbocycles. The Labute approximate surface area is 139 Å². The summed E-state index contributed by atoms with van der Waals surface area (Å²) in [5.41, 5.74) is 3.50. The molecule has 0 saturated carbocycles. The van der Waals surface area contributed by atoms with E-state index in [9.17, 15) is 4.79 Å². The first-order valence-corrected chi connectivity index (χ1v) is 8.09. The van der Waals surface area contributed by atoms with Crippen LogP contribution >= 0.6 is 11.3 Å². The molecule has 1 aromatic heterocycles. The van der Waals surface area contributed by atoms with Crippen LogP contribution in [0.25, 0.3) is 23.3 Å². The second-order valence-corrected chi connectivity index (χ2v) is 6.03. The number of carbonyl (C=O) groups excluding carboxylic acids is 1. The molecule has 0 aliphatic heterocycles. The highest BCUT2D eigenvalue weighted by molar-refractivity contribution is 7.14. The molecule has 0 aliphatic rings. The molecular weight excluding hydrogens is 304 g/mol. The average molecular weight is 320 g/mol. The number of hydrogen-bond acceptors (Lipinski definition) is 3. The lowest BCUT2D eigenvalue weighted by molar-refractivity contribution is 0.0967. The van der Waals surface area contributed by atoms with Gasteiger partial charge in [-0.25, -0.2) is 4.98 Å². The smallest absolute Gasteiger partial charge is 0.262 e. The first-order valence-electron chi connectivity index (χ1n) is 7.28. The quantitative estimate of drug-likeness (QED) is 0.777. The number of hydrogen-bond donors (Lipinski definition) is 1. The van der Waals surface area contributed by atoms with E-state index in [1.807, 2.05) is 30.4 Å². The van der Waals surface area contributed by atoms with Crippen molar-refractivity contribution in [3.63, 3.8) is 0 Å². The van der Waals surface area contributed by atoms with Crippen molar-refractivity contribution in [2.45, 2.75) is 0 Å². The number of carbonyl (C=O) groups is 1. The first-order chi connectivity index (χ1) is 11.3. The van der Waals surface area contributed by atoms with Crippen molar-refractivity contribution in [3.05, 3.63) is 76.2 Å². The predicted octanol–water partition coefficient (Wildman–Crippen LogP) is 4.34. The lowest BCUT2D eigenvalue weighted by atomic mass is 10.0. The van der Waals surface area contributed by atoms with Crippen LogP contribution in [-0.4, -0.2) is 17.9 Å². The van der Waals surface area contributed by atoms with Crippen LogP contribution in [-0.2, 0) is 0 Å². The number of amides is 1. The van der Waals surface area contributed by atoms with Gasteiger partial charge < -0.3 is 5.32 Å². The van der Waals surface area contributed by atoms with Gasteiger partial charge in [0.05, 0.1) is 6.20 Å². The second-order valence-electron chi connectivity index (χ2n) is 4.96. The molecule has 1 N–H and O–H groups in total. The van der Waals surface area contributed by atoms with Crippen molar-refractivity contribution in [2.24, 2.45) is 0 Å². The number of nitrogens with one attached hydrogen (secondary N) is 1. The number of benzene rings is 2. The fourth-order valence-electron chi connectivity index (χ4n) is 2.18. The summed E-state index contributed by atoms with van der Waals surface area (Å²) in [7, 11) is 1.62. The van der Waals surface area contributed by atoms with Gasteiger partial charge in [0, 0.05) is 7.05 Å². The standard InChI is InChI=1S/C19H16N2OS/c1-20-19(22)17-13-21-18(23-17)12-9-14-7-10-16(11-8-14)15-5-3-2-4-6-15/h2-13H,1H3,(H,20,22)/b12-9+. The minimum absolute atomic E-state index is 0.102. The summed E-state index contributed by atoms with van der Waals surface area (Å²) in [6, 6.07) is 18.6. The average Bonchev–Trinajstić information content (AvgIpc) is 3.09. The predicted molar refractivity (Wildman–Crippen MR) is 96.3 cm³/mol. The molecule has 0 bridgehead atoms. The van der Waals surface area contributed by atoms with Crippen molar-refractivity contribution < 1.29 is 4.79 Å². The van der Waals surface area contributed by atoms with E-state index in [4.69, 9.17) is 0 Å². The summed E-state index contributed by atoms with van der Waals surface area (Å²) < 4.78 is 0. The minimum Gasteiger partial charge on any atom is -0.354 e. The lowest BCUT2D eigenvalue weighted by Crippen LogP contribution is -2.16. The topological polar surface area (TPSA) is 42.0 Å². The molecule has 3 rings (SSSR count). The molecule has 3 aromatic rings. The highest BCUT2D eigenvalue weighted by atomic mass is 32.1. The maximum atomic E-state index is 11.5. The summed E-state index contributed by atoms with van der Waals surface area (Å²) in [6.07, 6.45) is 5.53. The Morgan fingerprint density at radius 1 is 1.00 bits per heavy atom. The molecule has 0 aliphatic carbocycles. The fraction of sp³-hybridized carbons (Fsp3) is 0.0526. The molecule has 1 heterocycles. The SMILES string of the molecule is CNC(=O)c1cnc(/C=C/c2ccc(-c3ccccc3)cc2)s1. The third-order valence-electron chi connectivity index (χ3n) is 3.41. The van der Waals surface area contributed by atoms with Gasteiger partial charge in [-0.15, -0.1) is 11.3 Å². The van der Waals surface area contributed by atoms with Crippen LogP contribution in [0.5, 0.6) is 0 Å². The summed E-state index contributed by atoms with van der Waals surface area (Å²) in [5.74, 6) is -0.102. The molecule has 0 fully saturated rings. The Balaban J connectivity index is 1.73. The first kappa shape index (κ1) is 15.2. The Hall–Kier alpha value is -2.72. The van der Waals surface area contributed by atoms with Gasteiger partial charge in [0.1, 0.15) is 9.88 Å². The summed E-state index contributed by atoms with van der Waals surface area (Å²) in [6.45, 7) is 0. The van der Waals surface area contributed by atoms with Gasteiger partial charge in [0.15, 0.2) is 0 Å². The van der Waals surface area contributed by atoms with Crippen molar-refractivity contribution in [2.75, 3.05) is 7.05 Å². The number of thiazole rings is 1. The third kappa shape index (κ3) is 3.73. The van der Waals surface area contributed by atoms with E-state index in [-0.39, 0.29) is 5.91 Å². The van der Waals surface area contributed by atoms with Crippen LogP contribution in [0.2, 0.25) is 0 Å². The monoisotopic (exact) mass is 320 g/mol. The molecule has 4 heteroatoms. The van der Waals surface area contributed by atoms with E-state index in [0.717, 1.165) is 10.6 Å². The molecule has 0 saturated heterocycles. The van der Waals surface area contributed by atoms with E-state index < -0.39 is 0 Å². The lowest BCUT2D eigenvalue weighted by Gasteiger charge is -2.01. The highest BCUT2D eigenvalue weighted by Gasteiger charge is 2.06. The minimum atomic E-state index is -0.102. The highest BCUT2D eigenvalue weighted by Crippen LogP contribution is 2.21.